The Morgan fingerprint density at radius 2 is 2.14 bits per heavy atom. The summed E-state index contributed by atoms with van der Waals surface area (Å²) in [5.41, 5.74) is 6.25. The Hall–Kier alpha value is -1.26. The summed E-state index contributed by atoms with van der Waals surface area (Å²) in [4.78, 5) is 12.2. The normalized spacial score (nSPS) is 12.9. The van der Waals surface area contributed by atoms with Gasteiger partial charge in [0.2, 0.25) is 0 Å². The van der Waals surface area contributed by atoms with Gasteiger partial charge < -0.3 is 15.8 Å². The van der Waals surface area contributed by atoms with E-state index in [1.807, 2.05) is 32.9 Å². The first-order valence-corrected chi connectivity index (χ1v) is 7.64. The Kier molecular flexibility index (Phi) is 6.49. The number of para-hydroxylation sites is 1. The lowest BCUT2D eigenvalue weighted by molar-refractivity contribution is -0.129. The first kappa shape index (κ1) is 17.8. The molecular weight excluding hydrogens is 288 g/mol. The fraction of sp³-hybridized carbons (Fsp3) is 0.562. The van der Waals surface area contributed by atoms with E-state index in [2.05, 4.69) is 5.32 Å². The molecule has 118 valence electrons. The van der Waals surface area contributed by atoms with Gasteiger partial charge >= 0.3 is 0 Å². The molecule has 1 aromatic rings. The molecule has 1 rings (SSSR count). The number of nitrogens with one attached hydrogen (secondary N) is 1. The lowest BCUT2D eigenvalue weighted by Gasteiger charge is -2.27. The van der Waals surface area contributed by atoms with Crippen molar-refractivity contribution >= 4 is 17.5 Å². The van der Waals surface area contributed by atoms with Crippen molar-refractivity contribution in [3.63, 3.8) is 0 Å². The molecule has 3 N–H and O–H groups in total. The second-order valence-corrected chi connectivity index (χ2v) is 6.16. The topological polar surface area (TPSA) is 64.3 Å². The van der Waals surface area contributed by atoms with Gasteiger partial charge in [0.25, 0.3) is 5.91 Å². The Morgan fingerprint density at radius 1 is 1.48 bits per heavy atom. The number of carbonyl (C=O) groups excluding carboxylic acids is 1. The molecule has 1 aromatic carbocycles. The predicted octanol–water partition coefficient (Wildman–Crippen LogP) is 2.91. The van der Waals surface area contributed by atoms with E-state index in [0.717, 1.165) is 12.0 Å². The molecule has 1 atom stereocenters. The monoisotopic (exact) mass is 312 g/mol. The van der Waals surface area contributed by atoms with Crippen LogP contribution < -0.4 is 15.8 Å². The number of carbonyl (C=O) groups is 1. The minimum absolute atomic E-state index is 0.152. The molecule has 0 saturated carbocycles. The number of rotatable bonds is 7. The molecule has 0 aliphatic rings. The summed E-state index contributed by atoms with van der Waals surface area (Å²) in [6.07, 6.45) is 0.882. The van der Waals surface area contributed by atoms with Gasteiger partial charge in [0, 0.05) is 5.54 Å². The molecule has 0 bridgehead atoms. The van der Waals surface area contributed by atoms with Gasteiger partial charge in [-0.15, -0.1) is 0 Å². The molecule has 0 fully saturated rings. The highest BCUT2D eigenvalue weighted by Crippen LogP contribution is 2.30. The third-order valence-corrected chi connectivity index (χ3v) is 3.77. The third-order valence-electron chi connectivity index (χ3n) is 3.47. The molecule has 21 heavy (non-hydrogen) atoms. The average Bonchev–Trinajstić information content (AvgIpc) is 2.42. The first-order chi connectivity index (χ1) is 9.80. The minimum Gasteiger partial charge on any atom is -0.479 e. The number of benzene rings is 1. The van der Waals surface area contributed by atoms with Crippen molar-refractivity contribution in [3.8, 4) is 5.75 Å². The number of halogens is 1. The van der Waals surface area contributed by atoms with E-state index in [-0.39, 0.29) is 11.4 Å². The van der Waals surface area contributed by atoms with Crippen LogP contribution in [-0.4, -0.2) is 24.1 Å². The van der Waals surface area contributed by atoms with Gasteiger partial charge in [0.15, 0.2) is 6.10 Å². The number of ether oxygens (including phenoxy) is 1. The summed E-state index contributed by atoms with van der Waals surface area (Å²) in [6.45, 7) is 8.20. The van der Waals surface area contributed by atoms with Crippen molar-refractivity contribution in [1.82, 2.24) is 5.32 Å². The Morgan fingerprint density at radius 3 is 2.71 bits per heavy atom. The second-order valence-electron chi connectivity index (χ2n) is 5.75. The van der Waals surface area contributed by atoms with E-state index >= 15 is 0 Å². The molecule has 4 nitrogen and oxygen atoms in total. The van der Waals surface area contributed by atoms with Gasteiger partial charge in [-0.1, -0.05) is 30.7 Å². The number of nitrogens with two attached hydrogens (primary N) is 1. The van der Waals surface area contributed by atoms with Crippen LogP contribution in [0.25, 0.3) is 0 Å². The van der Waals surface area contributed by atoms with Crippen molar-refractivity contribution < 1.29 is 9.53 Å². The number of hydrogen-bond acceptors (Lipinski definition) is 3. The highest BCUT2D eigenvalue weighted by Gasteiger charge is 2.24. The van der Waals surface area contributed by atoms with E-state index in [1.165, 1.54) is 0 Å². The summed E-state index contributed by atoms with van der Waals surface area (Å²) in [5, 5.41) is 3.46. The summed E-state index contributed by atoms with van der Waals surface area (Å²) < 4.78 is 5.78. The molecule has 0 heterocycles. The minimum atomic E-state index is -0.618. The molecule has 0 aliphatic heterocycles. The highest BCUT2D eigenvalue weighted by molar-refractivity contribution is 6.32. The number of hydrogen-bond donors (Lipinski definition) is 2. The molecule has 1 amide bonds. The lowest BCUT2D eigenvalue weighted by Crippen LogP contribution is -2.48. The Labute approximate surface area is 132 Å². The van der Waals surface area contributed by atoms with Crippen LogP contribution in [0.1, 0.15) is 39.7 Å². The van der Waals surface area contributed by atoms with E-state index in [4.69, 9.17) is 22.1 Å². The molecular formula is C16H25ClN2O2. The van der Waals surface area contributed by atoms with Gasteiger partial charge in [0.1, 0.15) is 5.75 Å². The fourth-order valence-corrected chi connectivity index (χ4v) is 2.03. The SMILES string of the molecule is CCC(C)(C)NC(=O)C(C)Oc1c(Cl)cccc1CCN. The molecule has 0 aromatic heterocycles. The zero-order valence-corrected chi connectivity index (χ0v) is 14.0. The van der Waals surface area contributed by atoms with Gasteiger partial charge in [-0.25, -0.2) is 0 Å². The van der Waals surface area contributed by atoms with Crippen LogP contribution in [-0.2, 0) is 11.2 Å². The highest BCUT2D eigenvalue weighted by atomic mass is 35.5. The van der Waals surface area contributed by atoms with Crippen LogP contribution in [0.3, 0.4) is 0 Å². The smallest absolute Gasteiger partial charge is 0.261 e. The number of amides is 1. The van der Waals surface area contributed by atoms with Crippen molar-refractivity contribution in [2.24, 2.45) is 5.73 Å². The maximum Gasteiger partial charge on any atom is 0.261 e. The zero-order valence-electron chi connectivity index (χ0n) is 13.2. The molecule has 0 saturated heterocycles. The summed E-state index contributed by atoms with van der Waals surface area (Å²) >= 11 is 6.18. The van der Waals surface area contributed by atoms with Crippen LogP contribution in [0.15, 0.2) is 18.2 Å². The molecule has 0 aliphatic carbocycles. The molecule has 0 radical (unpaired) electrons. The first-order valence-electron chi connectivity index (χ1n) is 7.27. The summed E-state index contributed by atoms with van der Waals surface area (Å²) in [5.74, 6) is 0.391. The van der Waals surface area contributed by atoms with Gasteiger partial charge in [-0.2, -0.15) is 0 Å². The largest absolute Gasteiger partial charge is 0.479 e. The van der Waals surface area contributed by atoms with Crippen LogP contribution in [0.4, 0.5) is 0 Å². The second kappa shape index (κ2) is 7.66. The quantitative estimate of drug-likeness (QED) is 0.813. The predicted molar refractivity (Wildman–Crippen MR) is 86.8 cm³/mol. The van der Waals surface area contributed by atoms with E-state index in [9.17, 15) is 4.79 Å². The zero-order chi connectivity index (χ0) is 16.0. The average molecular weight is 313 g/mol. The van der Waals surface area contributed by atoms with E-state index in [1.54, 1.807) is 13.0 Å². The van der Waals surface area contributed by atoms with E-state index < -0.39 is 6.10 Å². The Bertz CT molecular complexity index is 489. The lowest BCUT2D eigenvalue weighted by atomic mass is 10.0. The van der Waals surface area contributed by atoms with Gasteiger partial charge in [-0.05, 0) is 51.8 Å². The third kappa shape index (κ3) is 5.21. The fourth-order valence-electron chi connectivity index (χ4n) is 1.79. The van der Waals surface area contributed by atoms with E-state index in [0.29, 0.717) is 23.7 Å². The van der Waals surface area contributed by atoms with Gasteiger partial charge in [0.05, 0.1) is 5.02 Å². The van der Waals surface area contributed by atoms with Crippen LogP contribution >= 0.6 is 11.6 Å². The maximum absolute atomic E-state index is 12.2. The summed E-state index contributed by atoms with van der Waals surface area (Å²) in [7, 11) is 0. The van der Waals surface area contributed by atoms with Crippen LogP contribution in [0, 0.1) is 0 Å². The van der Waals surface area contributed by atoms with Crippen molar-refractivity contribution in [1.29, 1.82) is 0 Å². The summed E-state index contributed by atoms with van der Waals surface area (Å²) in [6, 6.07) is 5.51. The van der Waals surface area contributed by atoms with Crippen LogP contribution in [0.5, 0.6) is 5.75 Å². The standard InChI is InChI=1S/C16H25ClN2O2/c1-5-16(3,4)19-15(20)11(2)21-14-12(9-10-18)7-6-8-13(14)17/h6-8,11H,5,9-10,18H2,1-4H3,(H,19,20). The van der Waals surface area contributed by atoms with Gasteiger partial charge in [-0.3, -0.25) is 4.79 Å². The van der Waals surface area contributed by atoms with Crippen molar-refractivity contribution in [2.75, 3.05) is 6.54 Å². The van der Waals surface area contributed by atoms with Crippen molar-refractivity contribution in [3.05, 3.63) is 28.8 Å². The molecule has 1 unspecified atom stereocenters. The molecule has 5 heteroatoms. The maximum atomic E-state index is 12.2. The molecule has 0 spiro atoms. The van der Waals surface area contributed by atoms with Crippen molar-refractivity contribution in [2.45, 2.75) is 52.2 Å². The Balaban J connectivity index is 2.83. The van der Waals surface area contributed by atoms with Crippen LogP contribution in [0.2, 0.25) is 5.02 Å².